The Bertz CT molecular complexity index is 447. The smallest absolute Gasteiger partial charge is 0.173 e. The summed E-state index contributed by atoms with van der Waals surface area (Å²) in [5, 5.41) is 15.2. The van der Waals surface area contributed by atoms with Gasteiger partial charge in [0.25, 0.3) is 0 Å². The zero-order valence-electron chi connectivity index (χ0n) is 12.5. The van der Waals surface area contributed by atoms with Gasteiger partial charge in [0.05, 0.1) is 12.7 Å². The van der Waals surface area contributed by atoms with E-state index in [-0.39, 0.29) is 5.84 Å². The van der Waals surface area contributed by atoms with E-state index in [1.807, 2.05) is 18.2 Å². The van der Waals surface area contributed by atoms with Crippen molar-refractivity contribution in [3.05, 3.63) is 29.3 Å². The summed E-state index contributed by atoms with van der Waals surface area (Å²) in [6.45, 7) is 5.17. The summed E-state index contributed by atoms with van der Waals surface area (Å²) < 4.78 is 5.28. The van der Waals surface area contributed by atoms with Crippen LogP contribution in [0.25, 0.3) is 0 Å². The van der Waals surface area contributed by atoms with E-state index in [1.165, 1.54) is 19.3 Å². The highest BCUT2D eigenvalue weighted by Gasteiger charge is 2.09. The number of hydrogen-bond donors (Lipinski definition) is 3. The molecule has 20 heavy (non-hydrogen) atoms. The summed E-state index contributed by atoms with van der Waals surface area (Å²) in [4.78, 5) is 0. The zero-order chi connectivity index (χ0) is 15.0. The molecule has 0 radical (unpaired) electrons. The van der Waals surface area contributed by atoms with Crippen LogP contribution in [0.1, 0.15) is 44.2 Å². The molecule has 0 bridgehead atoms. The van der Waals surface area contributed by atoms with Crippen molar-refractivity contribution in [2.75, 3.05) is 7.11 Å². The number of benzene rings is 1. The van der Waals surface area contributed by atoms with E-state index in [0.717, 1.165) is 12.1 Å². The van der Waals surface area contributed by atoms with Crippen LogP contribution in [0.2, 0.25) is 0 Å². The molecule has 0 aliphatic carbocycles. The van der Waals surface area contributed by atoms with E-state index >= 15 is 0 Å². The van der Waals surface area contributed by atoms with Gasteiger partial charge < -0.3 is 21.0 Å². The molecule has 0 heterocycles. The van der Waals surface area contributed by atoms with Gasteiger partial charge in [-0.15, -0.1) is 0 Å². The Hall–Kier alpha value is -1.75. The summed E-state index contributed by atoms with van der Waals surface area (Å²) in [6, 6.07) is 6.16. The third kappa shape index (κ3) is 4.74. The molecule has 0 aliphatic heterocycles. The maximum atomic E-state index is 8.73. The van der Waals surface area contributed by atoms with Crippen LogP contribution in [0.5, 0.6) is 5.75 Å². The number of methoxy groups -OCH3 is 1. The van der Waals surface area contributed by atoms with Gasteiger partial charge in [0, 0.05) is 12.6 Å². The maximum absolute atomic E-state index is 8.73. The molecular formula is C15H25N3O2. The van der Waals surface area contributed by atoms with Crippen LogP contribution in [0, 0.1) is 0 Å². The van der Waals surface area contributed by atoms with Crippen molar-refractivity contribution >= 4 is 5.84 Å². The van der Waals surface area contributed by atoms with E-state index in [0.29, 0.717) is 17.4 Å². The van der Waals surface area contributed by atoms with E-state index < -0.39 is 0 Å². The lowest BCUT2D eigenvalue weighted by Crippen LogP contribution is -2.25. The molecular weight excluding hydrogens is 254 g/mol. The Morgan fingerprint density at radius 2 is 2.25 bits per heavy atom. The minimum atomic E-state index is 0.0534. The second kappa shape index (κ2) is 8.43. The Labute approximate surface area is 120 Å². The van der Waals surface area contributed by atoms with Gasteiger partial charge in [-0.25, -0.2) is 0 Å². The fourth-order valence-electron chi connectivity index (χ4n) is 2.02. The highest BCUT2D eigenvalue weighted by Crippen LogP contribution is 2.20. The van der Waals surface area contributed by atoms with Crippen LogP contribution < -0.4 is 15.8 Å². The number of nitrogens with two attached hydrogens (primary N) is 1. The number of nitrogens with one attached hydrogen (secondary N) is 1. The van der Waals surface area contributed by atoms with Crippen molar-refractivity contribution in [1.82, 2.24) is 5.32 Å². The van der Waals surface area contributed by atoms with Gasteiger partial charge in [0.1, 0.15) is 5.75 Å². The van der Waals surface area contributed by atoms with Crippen molar-refractivity contribution in [2.45, 2.75) is 45.7 Å². The van der Waals surface area contributed by atoms with Crippen molar-refractivity contribution in [3.8, 4) is 5.75 Å². The Kier molecular flexibility index (Phi) is 6.87. The van der Waals surface area contributed by atoms with Crippen molar-refractivity contribution in [3.63, 3.8) is 0 Å². The van der Waals surface area contributed by atoms with Crippen molar-refractivity contribution in [2.24, 2.45) is 10.9 Å². The fraction of sp³-hybridized carbons (Fsp3) is 0.533. The lowest BCUT2D eigenvalue weighted by Gasteiger charge is -2.14. The number of hydrogen-bond acceptors (Lipinski definition) is 4. The molecule has 1 unspecified atom stereocenters. The van der Waals surface area contributed by atoms with Crippen LogP contribution in [-0.4, -0.2) is 24.2 Å². The lowest BCUT2D eigenvalue weighted by atomic mass is 10.1. The van der Waals surface area contributed by atoms with Gasteiger partial charge in [-0.3, -0.25) is 0 Å². The fourth-order valence-corrected chi connectivity index (χ4v) is 2.02. The maximum Gasteiger partial charge on any atom is 0.173 e. The molecule has 1 aromatic rings. The predicted molar refractivity (Wildman–Crippen MR) is 81.3 cm³/mol. The SMILES string of the molecule is CCCCC(C)NCc1ccc(/C(N)=N/O)c(OC)c1. The van der Waals surface area contributed by atoms with Gasteiger partial charge >= 0.3 is 0 Å². The number of amidine groups is 1. The third-order valence-corrected chi connectivity index (χ3v) is 3.29. The number of rotatable bonds is 8. The molecule has 0 fully saturated rings. The van der Waals surface area contributed by atoms with E-state index in [1.54, 1.807) is 7.11 Å². The molecule has 1 aromatic carbocycles. The average Bonchev–Trinajstić information content (AvgIpc) is 2.49. The standard InChI is InChI=1S/C15H25N3O2/c1-4-5-6-11(2)17-10-12-7-8-13(15(16)18-19)14(9-12)20-3/h7-9,11,17,19H,4-6,10H2,1-3H3,(H2,16,18). The number of oxime groups is 1. The quantitative estimate of drug-likeness (QED) is 0.295. The van der Waals surface area contributed by atoms with Crippen LogP contribution in [0.3, 0.4) is 0 Å². The Morgan fingerprint density at radius 1 is 1.50 bits per heavy atom. The molecule has 0 saturated heterocycles. The molecule has 112 valence electrons. The molecule has 0 amide bonds. The van der Waals surface area contributed by atoms with E-state index in [2.05, 4.69) is 24.3 Å². The first-order chi connectivity index (χ1) is 9.62. The molecule has 1 atom stereocenters. The van der Waals surface area contributed by atoms with Crippen molar-refractivity contribution in [1.29, 1.82) is 0 Å². The molecule has 5 nitrogen and oxygen atoms in total. The molecule has 0 aliphatic rings. The van der Waals surface area contributed by atoms with Gasteiger partial charge in [0.2, 0.25) is 0 Å². The lowest BCUT2D eigenvalue weighted by molar-refractivity contribution is 0.318. The first kappa shape index (κ1) is 16.3. The highest BCUT2D eigenvalue weighted by atomic mass is 16.5. The summed E-state index contributed by atoms with van der Waals surface area (Å²) >= 11 is 0. The molecule has 0 saturated carbocycles. The molecule has 0 aromatic heterocycles. The molecule has 5 heteroatoms. The number of ether oxygens (including phenoxy) is 1. The average molecular weight is 279 g/mol. The molecule has 1 rings (SSSR count). The van der Waals surface area contributed by atoms with E-state index in [9.17, 15) is 0 Å². The van der Waals surface area contributed by atoms with Crippen LogP contribution >= 0.6 is 0 Å². The van der Waals surface area contributed by atoms with Crippen molar-refractivity contribution < 1.29 is 9.94 Å². The van der Waals surface area contributed by atoms with Gasteiger partial charge in [-0.05, 0) is 31.0 Å². The normalized spacial score (nSPS) is 13.2. The monoisotopic (exact) mass is 279 g/mol. The second-order valence-corrected chi connectivity index (χ2v) is 4.94. The first-order valence-electron chi connectivity index (χ1n) is 7.00. The molecule has 4 N–H and O–H groups in total. The summed E-state index contributed by atoms with van der Waals surface area (Å²) in [5.41, 5.74) is 7.31. The number of nitrogens with zero attached hydrogens (tertiary/aromatic N) is 1. The minimum Gasteiger partial charge on any atom is -0.496 e. The summed E-state index contributed by atoms with van der Waals surface area (Å²) in [7, 11) is 1.57. The second-order valence-electron chi connectivity index (χ2n) is 4.94. The molecule has 0 spiro atoms. The third-order valence-electron chi connectivity index (χ3n) is 3.29. The summed E-state index contributed by atoms with van der Waals surface area (Å²) in [5.74, 6) is 0.665. The van der Waals surface area contributed by atoms with Gasteiger partial charge in [-0.1, -0.05) is 31.0 Å². The Balaban J connectivity index is 2.69. The van der Waals surface area contributed by atoms with Crippen LogP contribution in [0.15, 0.2) is 23.4 Å². The minimum absolute atomic E-state index is 0.0534. The number of unbranched alkanes of at least 4 members (excludes halogenated alkanes) is 1. The zero-order valence-corrected chi connectivity index (χ0v) is 12.5. The first-order valence-corrected chi connectivity index (χ1v) is 7.00. The van der Waals surface area contributed by atoms with Gasteiger partial charge in [-0.2, -0.15) is 0 Å². The highest BCUT2D eigenvalue weighted by molar-refractivity contribution is 5.99. The van der Waals surface area contributed by atoms with Crippen LogP contribution in [-0.2, 0) is 6.54 Å². The van der Waals surface area contributed by atoms with Gasteiger partial charge in [0.15, 0.2) is 5.84 Å². The topological polar surface area (TPSA) is 79.9 Å². The summed E-state index contributed by atoms with van der Waals surface area (Å²) in [6.07, 6.45) is 3.63. The van der Waals surface area contributed by atoms with Crippen LogP contribution in [0.4, 0.5) is 0 Å². The predicted octanol–water partition coefficient (Wildman–Crippen LogP) is 2.46. The Morgan fingerprint density at radius 3 is 2.85 bits per heavy atom. The van der Waals surface area contributed by atoms with E-state index in [4.69, 9.17) is 15.7 Å². The largest absolute Gasteiger partial charge is 0.496 e.